The summed E-state index contributed by atoms with van der Waals surface area (Å²) in [6.45, 7) is 3.98. The topological polar surface area (TPSA) is 51.2 Å². The number of nitrogens with one attached hydrogen (secondary N) is 1. The Kier molecular flexibility index (Phi) is 6.37. The van der Waals surface area contributed by atoms with Crippen LogP contribution in [0.3, 0.4) is 0 Å². The Labute approximate surface area is 192 Å². The number of carbonyl (C=O) groups is 1. The van der Waals surface area contributed by atoms with E-state index in [2.05, 4.69) is 34.6 Å². The van der Waals surface area contributed by atoms with Crippen LogP contribution in [0.4, 0.5) is 5.13 Å². The van der Waals surface area contributed by atoms with Crippen LogP contribution in [-0.2, 0) is 4.79 Å². The summed E-state index contributed by atoms with van der Waals surface area (Å²) in [6, 6.07) is 28.1. The van der Waals surface area contributed by atoms with Gasteiger partial charge in [-0.25, -0.2) is 4.98 Å². The third-order valence-electron chi connectivity index (χ3n) is 5.66. The number of amides is 1. The molecular formula is C27H26N2O2S. The van der Waals surface area contributed by atoms with Gasteiger partial charge in [-0.1, -0.05) is 86.6 Å². The van der Waals surface area contributed by atoms with Crippen LogP contribution in [0.1, 0.15) is 30.9 Å². The van der Waals surface area contributed by atoms with Crippen LogP contribution in [0.5, 0.6) is 5.75 Å². The molecule has 3 aromatic carbocycles. The highest BCUT2D eigenvalue weighted by molar-refractivity contribution is 7.14. The first-order valence-corrected chi connectivity index (χ1v) is 11.4. The summed E-state index contributed by atoms with van der Waals surface area (Å²) in [4.78, 5) is 18.1. The molecule has 0 saturated carbocycles. The first kappa shape index (κ1) is 21.8. The second-order valence-electron chi connectivity index (χ2n) is 8.20. The average Bonchev–Trinajstić information content (AvgIpc) is 3.29. The van der Waals surface area contributed by atoms with E-state index < -0.39 is 5.41 Å². The zero-order valence-corrected chi connectivity index (χ0v) is 19.2. The summed E-state index contributed by atoms with van der Waals surface area (Å²) < 4.78 is 5.31. The van der Waals surface area contributed by atoms with Gasteiger partial charge in [0.25, 0.3) is 0 Å². The molecule has 0 unspecified atom stereocenters. The molecule has 0 aliphatic rings. The van der Waals surface area contributed by atoms with E-state index in [0.29, 0.717) is 5.13 Å². The van der Waals surface area contributed by atoms with E-state index in [1.807, 2.05) is 79.9 Å². The molecular weight excluding hydrogens is 416 g/mol. The molecule has 0 bridgehead atoms. The summed E-state index contributed by atoms with van der Waals surface area (Å²) >= 11 is 1.42. The van der Waals surface area contributed by atoms with E-state index >= 15 is 0 Å². The third kappa shape index (κ3) is 4.58. The lowest BCUT2D eigenvalue weighted by molar-refractivity contribution is -0.124. The molecule has 1 N–H and O–H groups in total. The highest BCUT2D eigenvalue weighted by Gasteiger charge is 2.39. The average molecular weight is 443 g/mol. The normalized spacial score (nSPS) is 11.4. The van der Waals surface area contributed by atoms with E-state index in [1.165, 1.54) is 11.3 Å². The Morgan fingerprint density at radius 1 is 0.938 bits per heavy atom. The maximum Gasteiger partial charge on any atom is 0.232 e. The van der Waals surface area contributed by atoms with Crippen molar-refractivity contribution in [3.8, 4) is 17.0 Å². The molecule has 1 aromatic heterocycles. The summed E-state index contributed by atoms with van der Waals surface area (Å²) in [5.74, 6) is 0.611. The number of aromatic nitrogens is 1. The Hall–Kier alpha value is -3.44. The van der Waals surface area contributed by atoms with Gasteiger partial charge >= 0.3 is 0 Å². The fourth-order valence-corrected chi connectivity index (χ4v) is 4.67. The van der Waals surface area contributed by atoms with Gasteiger partial charge in [-0.05, 0) is 23.3 Å². The minimum absolute atomic E-state index is 0.0678. The fourth-order valence-electron chi connectivity index (χ4n) is 3.95. The molecule has 4 aromatic rings. The van der Waals surface area contributed by atoms with Gasteiger partial charge in [0.1, 0.15) is 5.75 Å². The molecule has 0 aliphatic heterocycles. The van der Waals surface area contributed by atoms with Crippen LogP contribution >= 0.6 is 11.3 Å². The molecule has 0 fully saturated rings. The minimum Gasteiger partial charge on any atom is -0.497 e. The number of anilines is 1. The predicted octanol–water partition coefficient (Wildman–Crippen LogP) is 6.62. The zero-order valence-electron chi connectivity index (χ0n) is 18.4. The summed E-state index contributed by atoms with van der Waals surface area (Å²) in [7, 11) is 1.64. The third-order valence-corrected chi connectivity index (χ3v) is 6.42. The van der Waals surface area contributed by atoms with Crippen molar-refractivity contribution in [2.24, 2.45) is 5.41 Å². The zero-order chi connectivity index (χ0) is 22.6. The van der Waals surface area contributed by atoms with Crippen molar-refractivity contribution in [1.82, 2.24) is 4.98 Å². The monoisotopic (exact) mass is 442 g/mol. The number of nitrogens with zero attached hydrogens (tertiary/aromatic N) is 1. The number of ether oxygens (including phenoxy) is 1. The van der Waals surface area contributed by atoms with Gasteiger partial charge < -0.3 is 10.1 Å². The lowest BCUT2D eigenvalue weighted by Gasteiger charge is -2.33. The van der Waals surface area contributed by atoms with Crippen molar-refractivity contribution in [1.29, 1.82) is 0 Å². The lowest BCUT2D eigenvalue weighted by atomic mass is 9.70. The molecule has 1 amide bonds. The number of carbonyl (C=O) groups excluding carboxylic acids is 1. The van der Waals surface area contributed by atoms with E-state index in [0.717, 1.165) is 28.1 Å². The van der Waals surface area contributed by atoms with Gasteiger partial charge in [0, 0.05) is 16.9 Å². The number of rotatable bonds is 7. The van der Waals surface area contributed by atoms with E-state index in [1.54, 1.807) is 7.11 Å². The number of methoxy groups -OCH3 is 1. The van der Waals surface area contributed by atoms with Gasteiger partial charge in [-0.3, -0.25) is 4.79 Å². The minimum atomic E-state index is -0.704. The van der Waals surface area contributed by atoms with Crippen LogP contribution in [0, 0.1) is 5.41 Å². The van der Waals surface area contributed by atoms with Crippen molar-refractivity contribution in [2.75, 3.05) is 12.4 Å². The number of thiazole rings is 1. The number of benzene rings is 3. The smallest absolute Gasteiger partial charge is 0.232 e. The van der Waals surface area contributed by atoms with Gasteiger partial charge in [0.15, 0.2) is 5.13 Å². The molecule has 5 heteroatoms. The Morgan fingerprint density at radius 3 is 2.16 bits per heavy atom. The Morgan fingerprint density at radius 2 is 1.56 bits per heavy atom. The second kappa shape index (κ2) is 9.37. The van der Waals surface area contributed by atoms with Crippen LogP contribution in [0.2, 0.25) is 0 Å². The molecule has 0 atom stereocenters. The first-order valence-electron chi connectivity index (χ1n) is 10.5. The molecule has 0 spiro atoms. The highest BCUT2D eigenvalue weighted by Crippen LogP contribution is 2.42. The van der Waals surface area contributed by atoms with Crippen LogP contribution < -0.4 is 10.1 Å². The van der Waals surface area contributed by atoms with Crippen molar-refractivity contribution < 1.29 is 9.53 Å². The van der Waals surface area contributed by atoms with Gasteiger partial charge in [-0.2, -0.15) is 0 Å². The van der Waals surface area contributed by atoms with Crippen molar-refractivity contribution in [3.63, 3.8) is 0 Å². The maximum atomic E-state index is 13.5. The van der Waals surface area contributed by atoms with Crippen molar-refractivity contribution in [2.45, 2.75) is 19.8 Å². The molecule has 0 aliphatic carbocycles. The molecule has 0 saturated heterocycles. The largest absolute Gasteiger partial charge is 0.497 e. The fraction of sp³-hybridized carbons (Fsp3) is 0.185. The Bertz CT molecular complexity index is 1150. The molecule has 0 radical (unpaired) electrons. The molecule has 162 valence electrons. The first-order chi connectivity index (χ1) is 15.5. The highest BCUT2D eigenvalue weighted by atomic mass is 32.1. The molecule has 4 nitrogen and oxygen atoms in total. The Balaban J connectivity index is 1.61. The summed E-state index contributed by atoms with van der Waals surface area (Å²) in [6.07, 6.45) is 0. The second-order valence-corrected chi connectivity index (χ2v) is 9.06. The van der Waals surface area contributed by atoms with Crippen molar-refractivity contribution >= 4 is 22.4 Å². The summed E-state index contributed by atoms with van der Waals surface area (Å²) in [5.41, 5.74) is 3.27. The predicted molar refractivity (Wildman–Crippen MR) is 131 cm³/mol. The quantitative estimate of drug-likeness (QED) is 0.350. The molecule has 1 heterocycles. The van der Waals surface area contributed by atoms with E-state index in [4.69, 9.17) is 4.74 Å². The van der Waals surface area contributed by atoms with E-state index in [-0.39, 0.29) is 11.8 Å². The van der Waals surface area contributed by atoms with Gasteiger partial charge in [-0.15, -0.1) is 11.3 Å². The molecule has 32 heavy (non-hydrogen) atoms. The van der Waals surface area contributed by atoms with E-state index in [9.17, 15) is 4.79 Å². The van der Waals surface area contributed by atoms with Crippen molar-refractivity contribution in [3.05, 3.63) is 101 Å². The van der Waals surface area contributed by atoms with Gasteiger partial charge in [0.05, 0.1) is 18.2 Å². The number of hydrogen-bond donors (Lipinski definition) is 1. The standard InChI is InChI=1S/C27H26N2O2S/c1-27(2,24(19-11-6-4-7-12-19)20-13-8-5-9-14-20)25(30)29-26-28-23(18-32-26)21-15-10-16-22(17-21)31-3/h4-18,24H,1-3H3,(H,28,29,30). The van der Waals surface area contributed by atoms with Crippen LogP contribution in [0.15, 0.2) is 90.3 Å². The van der Waals surface area contributed by atoms with Crippen LogP contribution in [0.25, 0.3) is 11.3 Å². The van der Waals surface area contributed by atoms with Crippen LogP contribution in [-0.4, -0.2) is 18.0 Å². The maximum absolute atomic E-state index is 13.5. The summed E-state index contributed by atoms with van der Waals surface area (Å²) in [5, 5.41) is 5.59. The SMILES string of the molecule is COc1cccc(-c2csc(NC(=O)C(C)(C)C(c3ccccc3)c3ccccc3)n2)c1. The number of hydrogen-bond acceptors (Lipinski definition) is 4. The molecule has 4 rings (SSSR count). The van der Waals surface area contributed by atoms with Gasteiger partial charge in [0.2, 0.25) is 5.91 Å². The lowest BCUT2D eigenvalue weighted by Crippen LogP contribution is -2.37.